The molecule has 1 saturated heterocycles. The number of hydrogen-bond donors (Lipinski definition) is 1. The molecule has 3 aromatic rings. The number of likely N-dealkylation sites (tertiary alicyclic amines) is 1. The van der Waals surface area contributed by atoms with Gasteiger partial charge < -0.3 is 10.2 Å². The number of nitrogens with one attached hydrogen (secondary N) is 1. The van der Waals surface area contributed by atoms with Crippen LogP contribution in [0.2, 0.25) is 0 Å². The Bertz CT molecular complexity index is 910. The van der Waals surface area contributed by atoms with Crippen LogP contribution in [0.3, 0.4) is 0 Å². The highest BCUT2D eigenvalue weighted by Crippen LogP contribution is 2.33. The first-order valence-corrected chi connectivity index (χ1v) is 9.96. The lowest BCUT2D eigenvalue weighted by Crippen LogP contribution is -2.38. The SMILES string of the molecule is CNc1ccc(-c2cccc(C(=O)N3CCCCC3c3nccs3)c2)nn1. The molecule has 0 aliphatic carbocycles. The Morgan fingerprint density at radius 2 is 2.15 bits per heavy atom. The van der Waals surface area contributed by atoms with Crippen LogP contribution in [0.4, 0.5) is 5.82 Å². The normalized spacial score (nSPS) is 16.9. The van der Waals surface area contributed by atoms with E-state index in [0.29, 0.717) is 11.4 Å². The van der Waals surface area contributed by atoms with Crippen molar-refractivity contribution in [2.24, 2.45) is 0 Å². The Balaban J connectivity index is 1.61. The summed E-state index contributed by atoms with van der Waals surface area (Å²) >= 11 is 1.62. The second kappa shape index (κ2) is 7.84. The summed E-state index contributed by atoms with van der Waals surface area (Å²) < 4.78 is 0. The molecule has 1 aromatic carbocycles. The van der Waals surface area contributed by atoms with Gasteiger partial charge in [-0.2, -0.15) is 0 Å². The summed E-state index contributed by atoms with van der Waals surface area (Å²) in [5.41, 5.74) is 2.31. The van der Waals surface area contributed by atoms with Crippen molar-refractivity contribution in [1.29, 1.82) is 0 Å². The van der Waals surface area contributed by atoms with Crippen LogP contribution in [-0.2, 0) is 0 Å². The summed E-state index contributed by atoms with van der Waals surface area (Å²) in [4.78, 5) is 19.7. The molecule has 2 aromatic heterocycles. The Morgan fingerprint density at radius 3 is 2.89 bits per heavy atom. The van der Waals surface area contributed by atoms with Gasteiger partial charge >= 0.3 is 0 Å². The van der Waals surface area contributed by atoms with Gasteiger partial charge in [-0.15, -0.1) is 21.5 Å². The van der Waals surface area contributed by atoms with Crippen molar-refractivity contribution in [1.82, 2.24) is 20.1 Å². The topological polar surface area (TPSA) is 71.0 Å². The van der Waals surface area contributed by atoms with Crippen molar-refractivity contribution in [3.63, 3.8) is 0 Å². The summed E-state index contributed by atoms with van der Waals surface area (Å²) in [6.07, 6.45) is 4.94. The number of anilines is 1. The zero-order valence-electron chi connectivity index (χ0n) is 15.1. The zero-order valence-corrected chi connectivity index (χ0v) is 15.9. The molecule has 1 atom stereocenters. The van der Waals surface area contributed by atoms with Crippen molar-refractivity contribution in [2.45, 2.75) is 25.3 Å². The molecule has 0 radical (unpaired) electrons. The predicted molar refractivity (Wildman–Crippen MR) is 107 cm³/mol. The van der Waals surface area contributed by atoms with E-state index in [0.717, 1.165) is 42.1 Å². The van der Waals surface area contributed by atoms with Crippen LogP contribution in [0.15, 0.2) is 48.0 Å². The summed E-state index contributed by atoms with van der Waals surface area (Å²) in [5.74, 6) is 0.766. The smallest absolute Gasteiger partial charge is 0.254 e. The minimum absolute atomic E-state index is 0.0524. The van der Waals surface area contributed by atoms with Gasteiger partial charge in [-0.1, -0.05) is 12.1 Å². The van der Waals surface area contributed by atoms with Crippen molar-refractivity contribution in [2.75, 3.05) is 18.9 Å². The zero-order chi connectivity index (χ0) is 18.6. The van der Waals surface area contributed by atoms with Gasteiger partial charge in [0.05, 0.1) is 11.7 Å². The van der Waals surface area contributed by atoms with Crippen LogP contribution in [0.5, 0.6) is 0 Å². The molecule has 1 N–H and O–H groups in total. The Labute approximate surface area is 162 Å². The fraction of sp³-hybridized carbons (Fsp3) is 0.300. The van der Waals surface area contributed by atoms with Crippen LogP contribution >= 0.6 is 11.3 Å². The Hall–Kier alpha value is -2.80. The number of carbonyl (C=O) groups is 1. The van der Waals surface area contributed by atoms with Gasteiger partial charge in [-0.25, -0.2) is 4.98 Å². The van der Waals surface area contributed by atoms with E-state index in [1.807, 2.05) is 52.9 Å². The van der Waals surface area contributed by atoms with E-state index in [4.69, 9.17) is 0 Å². The fourth-order valence-electron chi connectivity index (χ4n) is 3.43. The minimum atomic E-state index is 0.0524. The van der Waals surface area contributed by atoms with E-state index in [9.17, 15) is 4.79 Å². The van der Waals surface area contributed by atoms with Crippen molar-refractivity contribution in [3.8, 4) is 11.3 Å². The van der Waals surface area contributed by atoms with E-state index in [1.54, 1.807) is 18.4 Å². The van der Waals surface area contributed by atoms with E-state index in [2.05, 4.69) is 20.5 Å². The second-order valence-corrected chi connectivity index (χ2v) is 7.44. The molecule has 27 heavy (non-hydrogen) atoms. The van der Waals surface area contributed by atoms with Crippen molar-refractivity contribution >= 4 is 23.1 Å². The van der Waals surface area contributed by atoms with Crippen LogP contribution < -0.4 is 5.32 Å². The number of rotatable bonds is 4. The van der Waals surface area contributed by atoms with Gasteiger partial charge in [-0.05, 0) is 43.5 Å². The fourth-order valence-corrected chi connectivity index (χ4v) is 4.21. The molecular weight excluding hydrogens is 358 g/mol. The highest BCUT2D eigenvalue weighted by molar-refractivity contribution is 7.09. The van der Waals surface area contributed by atoms with Gasteiger partial charge in [0.25, 0.3) is 5.91 Å². The number of hydrogen-bond acceptors (Lipinski definition) is 6. The molecule has 0 spiro atoms. The number of carbonyl (C=O) groups excluding carboxylic acids is 1. The van der Waals surface area contributed by atoms with Crippen LogP contribution in [-0.4, -0.2) is 39.6 Å². The van der Waals surface area contributed by atoms with Crippen molar-refractivity contribution < 1.29 is 4.79 Å². The molecular formula is C20H21N5OS. The van der Waals surface area contributed by atoms with Crippen LogP contribution in [0, 0.1) is 0 Å². The maximum absolute atomic E-state index is 13.2. The molecule has 6 nitrogen and oxygen atoms in total. The number of nitrogens with zero attached hydrogens (tertiary/aromatic N) is 4. The molecule has 7 heteroatoms. The largest absolute Gasteiger partial charge is 0.372 e. The van der Waals surface area contributed by atoms with Gasteiger partial charge in [-0.3, -0.25) is 4.79 Å². The van der Waals surface area contributed by atoms with Gasteiger partial charge in [0.15, 0.2) is 0 Å². The molecule has 1 fully saturated rings. The first-order valence-electron chi connectivity index (χ1n) is 9.08. The average Bonchev–Trinajstić information content (AvgIpc) is 3.28. The molecule has 3 heterocycles. The van der Waals surface area contributed by atoms with Crippen molar-refractivity contribution in [3.05, 3.63) is 58.5 Å². The summed E-state index contributed by atoms with van der Waals surface area (Å²) in [6, 6.07) is 11.5. The molecule has 0 saturated carbocycles. The van der Waals surface area contributed by atoms with Gasteiger partial charge in [0.2, 0.25) is 0 Å². The average molecular weight is 379 g/mol. The van der Waals surface area contributed by atoms with E-state index < -0.39 is 0 Å². The monoisotopic (exact) mass is 379 g/mol. The summed E-state index contributed by atoms with van der Waals surface area (Å²) in [6.45, 7) is 0.768. The Morgan fingerprint density at radius 1 is 1.22 bits per heavy atom. The van der Waals surface area contributed by atoms with Gasteiger partial charge in [0, 0.05) is 36.3 Å². The lowest BCUT2D eigenvalue weighted by atomic mass is 10.00. The molecule has 138 valence electrons. The summed E-state index contributed by atoms with van der Waals surface area (Å²) in [5, 5.41) is 14.3. The van der Waals surface area contributed by atoms with Crippen LogP contribution in [0.1, 0.15) is 40.7 Å². The highest BCUT2D eigenvalue weighted by atomic mass is 32.1. The third kappa shape index (κ3) is 3.68. The lowest BCUT2D eigenvalue weighted by Gasteiger charge is -2.34. The maximum Gasteiger partial charge on any atom is 0.254 e. The first-order chi connectivity index (χ1) is 13.3. The van der Waals surface area contributed by atoms with Gasteiger partial charge in [0.1, 0.15) is 10.8 Å². The Kier molecular flexibility index (Phi) is 5.11. The summed E-state index contributed by atoms with van der Waals surface area (Å²) in [7, 11) is 1.81. The third-order valence-electron chi connectivity index (χ3n) is 4.83. The number of amides is 1. The predicted octanol–water partition coefficient (Wildman–Crippen LogP) is 4.01. The maximum atomic E-state index is 13.2. The number of benzene rings is 1. The second-order valence-electron chi connectivity index (χ2n) is 6.52. The number of piperidine rings is 1. The first kappa shape index (κ1) is 17.6. The molecule has 0 bridgehead atoms. The molecule has 4 rings (SSSR count). The molecule has 1 aliphatic heterocycles. The molecule has 1 unspecified atom stereocenters. The standard InChI is InChI=1S/C20H21N5OS/c1-21-18-9-8-16(23-24-18)14-5-4-6-15(13-14)20(26)25-11-3-2-7-17(25)19-22-10-12-27-19/h4-6,8-10,12-13,17H,2-3,7,11H2,1H3,(H,21,24). The van der Waals surface area contributed by atoms with Crippen LogP contribution in [0.25, 0.3) is 11.3 Å². The van der Waals surface area contributed by atoms with E-state index in [1.165, 1.54) is 0 Å². The third-order valence-corrected chi connectivity index (χ3v) is 5.70. The number of thiazole rings is 1. The minimum Gasteiger partial charge on any atom is -0.372 e. The highest BCUT2D eigenvalue weighted by Gasteiger charge is 2.30. The van der Waals surface area contributed by atoms with E-state index >= 15 is 0 Å². The van der Waals surface area contributed by atoms with E-state index in [-0.39, 0.29) is 11.9 Å². The quantitative estimate of drug-likeness (QED) is 0.742. The lowest BCUT2D eigenvalue weighted by molar-refractivity contribution is 0.0611. The number of aromatic nitrogens is 3. The molecule has 1 aliphatic rings. The molecule has 1 amide bonds.